The predicted molar refractivity (Wildman–Crippen MR) is 70.9 cm³/mol. The second-order valence-corrected chi connectivity index (χ2v) is 4.05. The summed E-state index contributed by atoms with van der Waals surface area (Å²) in [7, 11) is 0. The van der Waals surface area contributed by atoms with Crippen LogP contribution in [0.5, 0.6) is 5.75 Å². The Hall–Kier alpha value is -2.04. The van der Waals surface area contributed by atoms with E-state index >= 15 is 0 Å². The first-order valence-electron chi connectivity index (χ1n) is 6.33. The lowest BCUT2D eigenvalue weighted by molar-refractivity contribution is -0.143. The normalized spacial score (nSPS) is 10.0. The topological polar surface area (TPSA) is 66.8 Å². The third kappa shape index (κ3) is 4.28. The molecule has 1 N–H and O–H groups in total. The number of phenols is 1. The van der Waals surface area contributed by atoms with Gasteiger partial charge in [-0.25, -0.2) is 0 Å². The number of para-hydroxylation sites is 1. The van der Waals surface area contributed by atoms with Crippen molar-refractivity contribution in [3.8, 4) is 5.75 Å². The van der Waals surface area contributed by atoms with Crippen LogP contribution < -0.4 is 0 Å². The molecular weight excluding hydrogens is 246 g/mol. The van der Waals surface area contributed by atoms with E-state index in [1.807, 2.05) is 6.92 Å². The van der Waals surface area contributed by atoms with Gasteiger partial charge in [0.15, 0.2) is 0 Å². The molecule has 0 aromatic heterocycles. The molecule has 104 valence electrons. The summed E-state index contributed by atoms with van der Waals surface area (Å²) < 4.78 is 4.84. The molecule has 0 aliphatic rings. The Balaban J connectivity index is 2.84. The van der Waals surface area contributed by atoms with Crippen LogP contribution in [0, 0.1) is 0 Å². The van der Waals surface area contributed by atoms with Crippen molar-refractivity contribution in [2.45, 2.75) is 20.3 Å². The van der Waals surface area contributed by atoms with Gasteiger partial charge in [-0.05, 0) is 25.5 Å². The molecule has 0 aliphatic carbocycles. The number of phenolic OH excluding ortho intramolecular Hbond substituents is 1. The fourth-order valence-electron chi connectivity index (χ4n) is 1.71. The van der Waals surface area contributed by atoms with Crippen LogP contribution in [0.3, 0.4) is 0 Å². The highest BCUT2D eigenvalue weighted by Crippen LogP contribution is 2.18. The molecule has 0 spiro atoms. The molecule has 0 unspecified atom stereocenters. The number of nitrogens with zero attached hydrogens (tertiary/aromatic N) is 1. The number of carbonyl (C=O) groups is 2. The summed E-state index contributed by atoms with van der Waals surface area (Å²) in [6.07, 6.45) is 0.721. The maximum Gasteiger partial charge on any atom is 0.325 e. The second kappa shape index (κ2) is 7.41. The average molecular weight is 265 g/mol. The van der Waals surface area contributed by atoms with Crippen LogP contribution >= 0.6 is 0 Å². The summed E-state index contributed by atoms with van der Waals surface area (Å²) in [6, 6.07) is 6.29. The van der Waals surface area contributed by atoms with Gasteiger partial charge in [-0.15, -0.1) is 0 Å². The minimum Gasteiger partial charge on any atom is -0.507 e. The zero-order valence-electron chi connectivity index (χ0n) is 11.3. The smallest absolute Gasteiger partial charge is 0.325 e. The van der Waals surface area contributed by atoms with Crippen molar-refractivity contribution in [1.29, 1.82) is 0 Å². The molecule has 5 heteroatoms. The zero-order valence-corrected chi connectivity index (χ0v) is 11.3. The van der Waals surface area contributed by atoms with Gasteiger partial charge in [0.05, 0.1) is 12.2 Å². The molecular formula is C14H19NO4. The molecule has 0 saturated heterocycles. The molecule has 1 aromatic carbocycles. The van der Waals surface area contributed by atoms with Crippen molar-refractivity contribution in [3.63, 3.8) is 0 Å². The van der Waals surface area contributed by atoms with Crippen molar-refractivity contribution in [2.75, 3.05) is 19.7 Å². The second-order valence-electron chi connectivity index (χ2n) is 4.05. The highest BCUT2D eigenvalue weighted by Gasteiger charge is 2.20. The van der Waals surface area contributed by atoms with Gasteiger partial charge in [0.1, 0.15) is 12.3 Å². The Labute approximate surface area is 112 Å². The summed E-state index contributed by atoms with van der Waals surface area (Å²) in [5.41, 5.74) is 0.195. The van der Waals surface area contributed by atoms with Gasteiger partial charge in [-0.2, -0.15) is 0 Å². The highest BCUT2D eigenvalue weighted by atomic mass is 16.5. The SMILES string of the molecule is CCCN(CC(=O)OCC)C(=O)c1ccccc1O. The molecule has 0 bridgehead atoms. The largest absolute Gasteiger partial charge is 0.507 e. The summed E-state index contributed by atoms with van der Waals surface area (Å²) >= 11 is 0. The quantitative estimate of drug-likeness (QED) is 0.796. The van der Waals surface area contributed by atoms with Gasteiger partial charge in [0, 0.05) is 6.54 Å². The van der Waals surface area contributed by atoms with Gasteiger partial charge < -0.3 is 14.7 Å². The first-order chi connectivity index (χ1) is 9.10. The van der Waals surface area contributed by atoms with Gasteiger partial charge >= 0.3 is 5.97 Å². The molecule has 19 heavy (non-hydrogen) atoms. The van der Waals surface area contributed by atoms with E-state index in [-0.39, 0.29) is 30.4 Å². The molecule has 0 saturated carbocycles. The molecule has 0 aliphatic heterocycles. The van der Waals surface area contributed by atoms with Crippen LogP contribution in [0.4, 0.5) is 0 Å². The van der Waals surface area contributed by atoms with Crippen LogP contribution in [0.25, 0.3) is 0 Å². The molecule has 0 atom stereocenters. The van der Waals surface area contributed by atoms with E-state index < -0.39 is 5.97 Å². The number of aromatic hydroxyl groups is 1. The predicted octanol–water partition coefficient (Wildman–Crippen LogP) is 1.81. The van der Waals surface area contributed by atoms with E-state index in [1.54, 1.807) is 19.1 Å². The lowest BCUT2D eigenvalue weighted by Gasteiger charge is -2.21. The monoisotopic (exact) mass is 265 g/mol. The summed E-state index contributed by atoms with van der Waals surface area (Å²) in [5, 5.41) is 9.67. The number of benzene rings is 1. The fraction of sp³-hybridized carbons (Fsp3) is 0.429. The maximum atomic E-state index is 12.3. The molecule has 0 fully saturated rings. The first kappa shape index (κ1) is 15.0. The van der Waals surface area contributed by atoms with Crippen molar-refractivity contribution in [1.82, 2.24) is 4.90 Å². The summed E-state index contributed by atoms with van der Waals surface area (Å²) in [5.74, 6) is -0.898. The minimum absolute atomic E-state index is 0.0857. The molecule has 1 rings (SSSR count). The molecule has 5 nitrogen and oxygen atoms in total. The number of carbonyl (C=O) groups excluding carboxylic acids is 2. The maximum absolute atomic E-state index is 12.3. The molecule has 1 amide bonds. The molecule has 0 radical (unpaired) electrons. The van der Waals surface area contributed by atoms with Crippen molar-refractivity contribution >= 4 is 11.9 Å². The Kier molecular flexibility index (Phi) is 5.85. The van der Waals surface area contributed by atoms with Crippen LogP contribution in [0.2, 0.25) is 0 Å². The number of esters is 1. The standard InChI is InChI=1S/C14H19NO4/c1-3-9-15(10-13(17)19-4-2)14(18)11-7-5-6-8-12(11)16/h5-8,16H,3-4,9-10H2,1-2H3. The van der Waals surface area contributed by atoms with Gasteiger partial charge in [-0.1, -0.05) is 19.1 Å². The van der Waals surface area contributed by atoms with Crippen molar-refractivity contribution < 1.29 is 19.4 Å². The Morgan fingerprint density at radius 2 is 1.95 bits per heavy atom. The molecule has 0 heterocycles. The highest BCUT2D eigenvalue weighted by molar-refractivity contribution is 5.98. The van der Waals surface area contributed by atoms with E-state index in [0.717, 1.165) is 6.42 Å². The zero-order chi connectivity index (χ0) is 14.3. The van der Waals surface area contributed by atoms with Crippen LogP contribution in [0.15, 0.2) is 24.3 Å². The Morgan fingerprint density at radius 3 is 2.53 bits per heavy atom. The van der Waals surface area contributed by atoms with Gasteiger partial charge in [0.25, 0.3) is 5.91 Å². The van der Waals surface area contributed by atoms with Gasteiger partial charge in [-0.3, -0.25) is 9.59 Å². The van der Waals surface area contributed by atoms with Crippen molar-refractivity contribution in [2.24, 2.45) is 0 Å². The molecule has 1 aromatic rings. The van der Waals surface area contributed by atoms with Crippen LogP contribution in [0.1, 0.15) is 30.6 Å². The van der Waals surface area contributed by atoms with Crippen molar-refractivity contribution in [3.05, 3.63) is 29.8 Å². The minimum atomic E-state index is -0.445. The number of ether oxygens (including phenoxy) is 1. The lowest BCUT2D eigenvalue weighted by Crippen LogP contribution is -2.37. The number of amides is 1. The van der Waals surface area contributed by atoms with E-state index in [4.69, 9.17) is 4.74 Å². The van der Waals surface area contributed by atoms with E-state index in [9.17, 15) is 14.7 Å². The van der Waals surface area contributed by atoms with E-state index in [2.05, 4.69) is 0 Å². The Bertz CT molecular complexity index is 445. The average Bonchev–Trinajstić information content (AvgIpc) is 2.38. The fourth-order valence-corrected chi connectivity index (χ4v) is 1.71. The number of hydrogen-bond acceptors (Lipinski definition) is 4. The summed E-state index contributed by atoms with van der Waals surface area (Å²) in [4.78, 5) is 25.1. The first-order valence-corrected chi connectivity index (χ1v) is 6.33. The Morgan fingerprint density at radius 1 is 1.26 bits per heavy atom. The third-order valence-electron chi connectivity index (χ3n) is 2.54. The lowest BCUT2D eigenvalue weighted by atomic mass is 10.1. The number of rotatable bonds is 6. The number of hydrogen-bond donors (Lipinski definition) is 1. The van der Waals surface area contributed by atoms with E-state index in [0.29, 0.717) is 6.54 Å². The van der Waals surface area contributed by atoms with E-state index in [1.165, 1.54) is 17.0 Å². The van der Waals surface area contributed by atoms with Crippen LogP contribution in [-0.2, 0) is 9.53 Å². The van der Waals surface area contributed by atoms with Crippen LogP contribution in [-0.4, -0.2) is 41.6 Å². The third-order valence-corrected chi connectivity index (χ3v) is 2.54. The summed E-state index contributed by atoms with van der Waals surface area (Å²) in [6.45, 7) is 4.24. The van der Waals surface area contributed by atoms with Gasteiger partial charge in [0.2, 0.25) is 0 Å².